The third-order valence-electron chi connectivity index (χ3n) is 12.5. The molecule has 0 fully saturated rings. The van der Waals surface area contributed by atoms with E-state index in [0.717, 1.165) is 42.2 Å². The highest BCUT2D eigenvalue weighted by atomic mass is 35.5. The van der Waals surface area contributed by atoms with Crippen LogP contribution in [0.25, 0.3) is 0 Å². The van der Waals surface area contributed by atoms with E-state index >= 15 is 0 Å². The molecule has 8 N–H and O–H groups in total. The molecule has 0 aliphatic carbocycles. The molecular formula is C59H63Cl2N15O9S3. The predicted molar refractivity (Wildman–Crippen MR) is 344 cm³/mol. The fraction of sp³-hybridized carbons (Fsp3) is 0.169. The number of carboxylic acids is 1. The molecule has 3 heterocycles. The highest BCUT2D eigenvalue weighted by molar-refractivity contribution is 7.89. The van der Waals surface area contributed by atoms with Crippen LogP contribution in [0.4, 0.5) is 69.4 Å². The summed E-state index contributed by atoms with van der Waals surface area (Å²) in [7, 11) is -2.03. The lowest BCUT2D eigenvalue weighted by molar-refractivity contribution is 0.0696. The molecule has 0 saturated heterocycles. The van der Waals surface area contributed by atoms with Crippen LogP contribution in [0.1, 0.15) is 32.6 Å². The van der Waals surface area contributed by atoms with E-state index in [-0.39, 0.29) is 49.6 Å². The normalized spacial score (nSPS) is 11.4. The molecule has 9 rings (SSSR count). The molecule has 6 aromatic carbocycles. The summed E-state index contributed by atoms with van der Waals surface area (Å²) < 4.78 is 79.1. The second-order valence-electron chi connectivity index (χ2n) is 19.5. The summed E-state index contributed by atoms with van der Waals surface area (Å²) in [5.41, 5.74) is 6.83. The number of rotatable bonds is 21. The average molecular weight is 1290 g/mol. The van der Waals surface area contributed by atoms with Gasteiger partial charge in [-0.05, 0) is 110 Å². The van der Waals surface area contributed by atoms with Crippen LogP contribution in [0.2, 0.25) is 5.02 Å². The largest absolute Gasteiger partial charge is 0.478 e. The summed E-state index contributed by atoms with van der Waals surface area (Å²) in [5, 5.41) is 36.7. The van der Waals surface area contributed by atoms with Crippen molar-refractivity contribution in [2.45, 2.75) is 41.0 Å². The highest BCUT2D eigenvalue weighted by Crippen LogP contribution is 2.32. The van der Waals surface area contributed by atoms with Gasteiger partial charge in [-0.25, -0.2) is 57.9 Å². The SMILES string of the molecule is CN(C)S(=O)(=O)c1ccccc1Nc1nc(Nc2ccc(CO)cc2)ncc1Cl.Cc1cnc(Nc2ccc(C(=O)O)cc2)nc1Nc1ccccc1S(=O)(=O)N(C)C.Cc1cnc(Nc2ccc(CCl)cc2)nc1Nc1ccccc1S(=O)(=O)N(C)C. The molecule has 0 bridgehead atoms. The number of anilines is 12. The maximum absolute atomic E-state index is 12.6. The van der Waals surface area contributed by atoms with Gasteiger partial charge in [0.25, 0.3) is 0 Å². The smallest absolute Gasteiger partial charge is 0.335 e. The van der Waals surface area contributed by atoms with Crippen molar-refractivity contribution >= 4 is 129 Å². The summed E-state index contributed by atoms with van der Waals surface area (Å²) in [4.78, 5) is 37.3. The molecule has 0 saturated carbocycles. The van der Waals surface area contributed by atoms with E-state index in [2.05, 4.69) is 61.8 Å². The topological polar surface area (TPSA) is 319 Å². The lowest BCUT2D eigenvalue weighted by atomic mass is 10.2. The molecule has 0 spiro atoms. The molecule has 9 aromatic rings. The Kier molecular flexibility index (Phi) is 22.5. The van der Waals surface area contributed by atoms with Crippen LogP contribution in [-0.4, -0.2) is 127 Å². The number of aromatic carboxylic acids is 1. The number of sulfonamides is 3. The summed E-state index contributed by atoms with van der Waals surface area (Å²) in [5.74, 6) is 1.61. The minimum absolute atomic E-state index is 0.0406. The molecule has 0 radical (unpaired) electrons. The number of aryl methyl sites for hydroxylation is 2. The van der Waals surface area contributed by atoms with Crippen molar-refractivity contribution in [1.29, 1.82) is 0 Å². The van der Waals surface area contributed by atoms with Crippen molar-refractivity contribution in [2.75, 3.05) is 74.2 Å². The molecule has 0 unspecified atom stereocenters. The Bertz CT molecular complexity index is 4070. The molecule has 3 aromatic heterocycles. The van der Waals surface area contributed by atoms with Crippen molar-refractivity contribution < 1.29 is 40.3 Å². The quantitative estimate of drug-likeness (QED) is 0.0310. The zero-order valence-corrected chi connectivity index (χ0v) is 52.7. The van der Waals surface area contributed by atoms with Gasteiger partial charge < -0.3 is 42.1 Å². The molecule has 0 amide bonds. The van der Waals surface area contributed by atoms with Crippen LogP contribution in [0, 0.1) is 13.8 Å². The first-order valence-electron chi connectivity index (χ1n) is 26.3. The Morgan fingerprint density at radius 2 is 0.773 bits per heavy atom. The van der Waals surface area contributed by atoms with E-state index in [0.29, 0.717) is 46.2 Å². The zero-order chi connectivity index (χ0) is 63.9. The lowest BCUT2D eigenvalue weighted by Gasteiger charge is -2.17. The lowest BCUT2D eigenvalue weighted by Crippen LogP contribution is -2.23. The number of carboxylic acid groups (broad SMARTS) is 1. The van der Waals surface area contributed by atoms with E-state index in [1.807, 2.05) is 31.2 Å². The molecule has 24 nitrogen and oxygen atoms in total. The van der Waals surface area contributed by atoms with Crippen LogP contribution in [0.5, 0.6) is 0 Å². The Balaban J connectivity index is 0.000000188. The fourth-order valence-electron chi connectivity index (χ4n) is 7.58. The molecule has 29 heteroatoms. The fourth-order valence-corrected chi connectivity index (χ4v) is 11.0. The van der Waals surface area contributed by atoms with Gasteiger partial charge in [-0.15, -0.1) is 11.6 Å². The number of halogens is 2. The Morgan fingerprint density at radius 3 is 1.11 bits per heavy atom. The summed E-state index contributed by atoms with van der Waals surface area (Å²) in [6.07, 6.45) is 4.70. The van der Waals surface area contributed by atoms with Gasteiger partial charge in [0, 0.05) is 88.7 Å². The number of aliphatic hydroxyl groups excluding tert-OH is 1. The summed E-state index contributed by atoms with van der Waals surface area (Å²) in [6, 6.07) is 40.7. The maximum Gasteiger partial charge on any atom is 0.335 e. The molecule has 0 aliphatic heterocycles. The number of nitrogens with zero attached hydrogens (tertiary/aromatic N) is 9. The van der Waals surface area contributed by atoms with Gasteiger partial charge in [-0.3, -0.25) is 0 Å². The number of aliphatic hydroxyl groups is 1. The standard InChI is InChI=1S/C20H22ClN5O2S.C20H21N5O4S.C19H20ClN5O3S/c1-14-13-22-20(23-16-10-8-15(12-21)9-11-16)25-19(14)24-17-6-4-5-7-18(17)29(27,28)26(2)3;1-13-12-21-20(22-15-10-8-14(9-11-15)19(26)27)24-18(13)23-16-6-4-5-7-17(16)30(28,29)25(2)3;1-25(2)29(27,28)17-6-4-3-5-16(17)23-18-15(20)11-21-19(24-18)22-14-9-7-13(12-26)8-10-14/h4-11,13H,12H2,1-3H3,(H2,22,23,24,25);4-12H,1-3H3,(H,26,27)(H2,21,22,23,24);3-11,26H,12H2,1-2H3,(H2,21,22,23,24). The van der Waals surface area contributed by atoms with Gasteiger partial charge in [0.2, 0.25) is 47.9 Å². The number of hydrogen-bond donors (Lipinski definition) is 8. The molecule has 0 atom stereocenters. The van der Waals surface area contributed by atoms with E-state index < -0.39 is 36.0 Å². The van der Waals surface area contributed by atoms with Crippen molar-refractivity contribution in [3.05, 3.63) is 197 Å². The number of benzene rings is 6. The van der Waals surface area contributed by atoms with Crippen LogP contribution >= 0.6 is 23.2 Å². The van der Waals surface area contributed by atoms with Gasteiger partial charge >= 0.3 is 5.97 Å². The van der Waals surface area contributed by atoms with E-state index in [4.69, 9.17) is 33.4 Å². The summed E-state index contributed by atoms with van der Waals surface area (Å²) >= 11 is 12.0. The highest BCUT2D eigenvalue weighted by Gasteiger charge is 2.25. The van der Waals surface area contributed by atoms with Crippen molar-refractivity contribution in [3.8, 4) is 0 Å². The van der Waals surface area contributed by atoms with Crippen molar-refractivity contribution in [3.63, 3.8) is 0 Å². The Morgan fingerprint density at radius 1 is 0.455 bits per heavy atom. The first-order chi connectivity index (χ1) is 41.8. The second-order valence-corrected chi connectivity index (χ2v) is 26.5. The van der Waals surface area contributed by atoms with E-state index in [9.17, 15) is 30.0 Å². The second kappa shape index (κ2) is 29.7. The van der Waals surface area contributed by atoms with E-state index in [1.165, 1.54) is 77.1 Å². The third-order valence-corrected chi connectivity index (χ3v) is 18.7. The third kappa shape index (κ3) is 17.2. The van der Waals surface area contributed by atoms with Crippen LogP contribution in [-0.2, 0) is 42.6 Å². The first kappa shape index (κ1) is 66.6. The Hall–Kier alpha value is -8.90. The van der Waals surface area contributed by atoms with Gasteiger partial charge in [-0.2, -0.15) is 15.0 Å². The van der Waals surface area contributed by atoms with Crippen LogP contribution < -0.4 is 31.9 Å². The van der Waals surface area contributed by atoms with Crippen LogP contribution in [0.15, 0.2) is 179 Å². The first-order valence-corrected chi connectivity index (χ1v) is 31.6. The number of nitrogens with one attached hydrogen (secondary N) is 6. The maximum atomic E-state index is 12.6. The van der Waals surface area contributed by atoms with Crippen molar-refractivity contribution in [1.82, 2.24) is 42.8 Å². The number of hydrogen-bond acceptors (Lipinski definition) is 20. The van der Waals surface area contributed by atoms with Gasteiger partial charge in [-0.1, -0.05) is 72.3 Å². The minimum Gasteiger partial charge on any atom is -0.478 e. The monoisotopic (exact) mass is 1290 g/mol. The van der Waals surface area contributed by atoms with Gasteiger partial charge in [0.05, 0.1) is 35.4 Å². The molecule has 460 valence electrons. The number of aromatic nitrogens is 6. The average Bonchev–Trinajstić information content (AvgIpc) is 2.49. The summed E-state index contributed by atoms with van der Waals surface area (Å²) in [6.45, 7) is 3.61. The predicted octanol–water partition coefficient (Wildman–Crippen LogP) is 10.8. The van der Waals surface area contributed by atoms with Crippen LogP contribution in [0.3, 0.4) is 0 Å². The van der Waals surface area contributed by atoms with Gasteiger partial charge in [0.1, 0.15) is 31.3 Å². The number of para-hydroxylation sites is 3. The Labute approximate surface area is 520 Å². The molecule has 0 aliphatic rings. The minimum atomic E-state index is -3.66. The van der Waals surface area contributed by atoms with E-state index in [1.54, 1.807) is 116 Å². The number of alkyl halides is 1. The molecule has 88 heavy (non-hydrogen) atoms. The zero-order valence-electron chi connectivity index (χ0n) is 48.8. The van der Waals surface area contributed by atoms with Crippen molar-refractivity contribution in [2.24, 2.45) is 0 Å². The van der Waals surface area contributed by atoms with Gasteiger partial charge in [0.15, 0.2) is 5.82 Å². The number of carbonyl (C=O) groups is 1. The molecular weight excluding hydrogens is 1230 g/mol.